The Kier molecular flexibility index (Phi) is 2.99. The van der Waals surface area contributed by atoms with E-state index in [9.17, 15) is 9.50 Å². The van der Waals surface area contributed by atoms with E-state index in [0.29, 0.717) is 5.75 Å². The van der Waals surface area contributed by atoms with Gasteiger partial charge < -0.3 is 14.4 Å². The van der Waals surface area contributed by atoms with Crippen molar-refractivity contribution in [2.45, 2.75) is 13.5 Å². The fraction of sp³-hybridized carbons (Fsp3) is 0.250. The number of rotatable bonds is 3. The number of nitrogens with zero attached hydrogens (tertiary/aromatic N) is 2. The van der Waals surface area contributed by atoms with Gasteiger partial charge in [-0.2, -0.15) is 0 Å². The number of hydrogen-bond acceptors (Lipinski definition) is 3. The molecule has 0 aliphatic carbocycles. The summed E-state index contributed by atoms with van der Waals surface area (Å²) in [6.07, 6.45) is 1.70. The average molecular weight is 236 g/mol. The third kappa shape index (κ3) is 2.55. The first-order chi connectivity index (χ1) is 8.06. The molecule has 0 aliphatic heterocycles. The van der Waals surface area contributed by atoms with Gasteiger partial charge in [0.25, 0.3) is 0 Å². The molecule has 90 valence electrons. The third-order valence-corrected chi connectivity index (χ3v) is 2.56. The maximum absolute atomic E-state index is 13.0. The first-order valence-corrected chi connectivity index (χ1v) is 5.16. The first-order valence-electron chi connectivity index (χ1n) is 5.16. The summed E-state index contributed by atoms with van der Waals surface area (Å²) in [4.78, 5) is 4.12. The van der Waals surface area contributed by atoms with E-state index in [4.69, 9.17) is 4.74 Å². The van der Waals surface area contributed by atoms with Gasteiger partial charge in [0.05, 0.1) is 11.9 Å². The Labute approximate surface area is 98.3 Å². The van der Waals surface area contributed by atoms with Crippen LogP contribution in [0.5, 0.6) is 11.5 Å². The first kappa shape index (κ1) is 11.4. The Morgan fingerprint density at radius 3 is 2.76 bits per heavy atom. The van der Waals surface area contributed by atoms with Crippen LogP contribution in [0.3, 0.4) is 0 Å². The number of hydrogen-bond donors (Lipinski definition) is 1. The van der Waals surface area contributed by atoms with Crippen LogP contribution in [0.25, 0.3) is 0 Å². The summed E-state index contributed by atoms with van der Waals surface area (Å²) >= 11 is 0. The number of phenols is 1. The van der Waals surface area contributed by atoms with Crippen LogP contribution in [0.4, 0.5) is 4.39 Å². The van der Waals surface area contributed by atoms with E-state index in [2.05, 4.69) is 4.98 Å². The van der Waals surface area contributed by atoms with E-state index in [0.717, 1.165) is 17.6 Å². The van der Waals surface area contributed by atoms with Crippen LogP contribution in [0.15, 0.2) is 24.4 Å². The Hall–Kier alpha value is -2.04. The molecule has 1 aromatic heterocycles. The predicted molar refractivity (Wildman–Crippen MR) is 60.3 cm³/mol. The molecule has 17 heavy (non-hydrogen) atoms. The highest BCUT2D eigenvalue weighted by Gasteiger charge is 2.05. The van der Waals surface area contributed by atoms with Crippen molar-refractivity contribution in [3.05, 3.63) is 41.7 Å². The van der Waals surface area contributed by atoms with Crippen LogP contribution < -0.4 is 4.74 Å². The summed E-state index contributed by atoms with van der Waals surface area (Å²) in [6.45, 7) is 2.16. The molecule has 0 bridgehead atoms. The van der Waals surface area contributed by atoms with Crippen molar-refractivity contribution in [1.29, 1.82) is 0 Å². The number of aryl methyl sites for hydroxylation is 1. The third-order valence-electron chi connectivity index (χ3n) is 2.56. The smallest absolute Gasteiger partial charge is 0.130 e. The normalized spacial score (nSPS) is 10.5. The van der Waals surface area contributed by atoms with Crippen LogP contribution >= 0.6 is 0 Å². The number of phenolic OH excluding ortho intramolecular Hbond substituents is 1. The molecule has 0 aliphatic rings. The van der Waals surface area contributed by atoms with Gasteiger partial charge in [0.2, 0.25) is 0 Å². The maximum Gasteiger partial charge on any atom is 0.130 e. The quantitative estimate of drug-likeness (QED) is 0.888. The number of imidazole rings is 1. The molecule has 0 saturated carbocycles. The number of halogens is 1. The zero-order chi connectivity index (χ0) is 12.4. The molecular formula is C12H13FN2O2. The molecule has 0 unspecified atom stereocenters. The molecule has 1 heterocycles. The van der Waals surface area contributed by atoms with Crippen LogP contribution in [0, 0.1) is 12.7 Å². The minimum atomic E-state index is -0.527. The van der Waals surface area contributed by atoms with Crippen molar-refractivity contribution in [3.63, 3.8) is 0 Å². The van der Waals surface area contributed by atoms with Gasteiger partial charge in [-0.3, -0.25) is 0 Å². The van der Waals surface area contributed by atoms with Crippen molar-refractivity contribution in [1.82, 2.24) is 9.55 Å². The molecule has 5 heteroatoms. The minimum Gasteiger partial charge on any atom is -0.508 e. The molecule has 2 aromatic rings. The lowest BCUT2D eigenvalue weighted by Gasteiger charge is -2.07. The molecular weight excluding hydrogens is 223 g/mol. The van der Waals surface area contributed by atoms with Gasteiger partial charge in [0.1, 0.15) is 29.7 Å². The Bertz CT molecular complexity index is 517. The number of ether oxygens (including phenoxy) is 1. The van der Waals surface area contributed by atoms with Crippen molar-refractivity contribution in [3.8, 4) is 11.5 Å². The van der Waals surface area contributed by atoms with Crippen LogP contribution in [0.2, 0.25) is 0 Å². The zero-order valence-corrected chi connectivity index (χ0v) is 9.64. The topological polar surface area (TPSA) is 47.3 Å². The van der Waals surface area contributed by atoms with E-state index < -0.39 is 5.82 Å². The lowest BCUT2D eigenvalue weighted by Crippen LogP contribution is -2.03. The molecule has 0 saturated heterocycles. The van der Waals surface area contributed by atoms with E-state index in [-0.39, 0.29) is 12.4 Å². The maximum atomic E-state index is 13.0. The molecule has 0 spiro atoms. The van der Waals surface area contributed by atoms with E-state index in [1.807, 2.05) is 18.5 Å². The molecule has 0 fully saturated rings. The van der Waals surface area contributed by atoms with Gasteiger partial charge in [-0.15, -0.1) is 0 Å². The highest BCUT2D eigenvalue weighted by atomic mass is 19.1. The van der Waals surface area contributed by atoms with Gasteiger partial charge in [0.15, 0.2) is 0 Å². The second-order valence-corrected chi connectivity index (χ2v) is 3.79. The van der Waals surface area contributed by atoms with Gasteiger partial charge >= 0.3 is 0 Å². The Morgan fingerprint density at radius 1 is 1.41 bits per heavy atom. The van der Waals surface area contributed by atoms with E-state index in [1.54, 1.807) is 6.20 Å². The molecule has 1 aromatic carbocycles. The fourth-order valence-corrected chi connectivity index (χ4v) is 1.47. The standard InChI is InChI=1S/C12H13FN2O2/c1-8-14-6-10(15(8)2)7-17-12-4-9(13)3-11(16)5-12/h3-6,16H,7H2,1-2H3. The van der Waals surface area contributed by atoms with Crippen molar-refractivity contribution in [2.24, 2.45) is 7.05 Å². The minimum absolute atomic E-state index is 0.152. The highest BCUT2D eigenvalue weighted by Crippen LogP contribution is 2.21. The Balaban J connectivity index is 2.09. The van der Waals surface area contributed by atoms with Crippen LogP contribution in [-0.2, 0) is 13.7 Å². The molecule has 0 radical (unpaired) electrons. The molecule has 1 N–H and O–H groups in total. The second-order valence-electron chi connectivity index (χ2n) is 3.79. The van der Waals surface area contributed by atoms with E-state index in [1.165, 1.54) is 12.1 Å². The summed E-state index contributed by atoms with van der Waals surface area (Å²) in [5.41, 5.74) is 0.881. The van der Waals surface area contributed by atoms with Gasteiger partial charge in [-0.05, 0) is 6.92 Å². The van der Waals surface area contributed by atoms with Gasteiger partial charge in [0, 0.05) is 25.2 Å². The molecule has 0 amide bonds. The summed E-state index contributed by atoms with van der Waals surface area (Å²) in [6, 6.07) is 3.62. The van der Waals surface area contributed by atoms with Crippen molar-refractivity contribution >= 4 is 0 Å². The van der Waals surface area contributed by atoms with Gasteiger partial charge in [-0.25, -0.2) is 9.37 Å². The number of aromatic hydroxyl groups is 1. The van der Waals surface area contributed by atoms with Gasteiger partial charge in [-0.1, -0.05) is 0 Å². The lowest BCUT2D eigenvalue weighted by molar-refractivity contribution is 0.293. The Morgan fingerprint density at radius 2 is 2.18 bits per heavy atom. The van der Waals surface area contributed by atoms with Crippen LogP contribution in [-0.4, -0.2) is 14.7 Å². The largest absolute Gasteiger partial charge is 0.508 e. The average Bonchev–Trinajstić information content (AvgIpc) is 2.56. The SMILES string of the molecule is Cc1ncc(COc2cc(O)cc(F)c2)n1C. The fourth-order valence-electron chi connectivity index (χ4n) is 1.47. The molecule has 2 rings (SSSR count). The summed E-state index contributed by atoms with van der Waals surface area (Å²) in [5.74, 6) is 0.495. The highest BCUT2D eigenvalue weighted by molar-refractivity contribution is 5.32. The lowest BCUT2D eigenvalue weighted by atomic mass is 10.3. The summed E-state index contributed by atoms with van der Waals surface area (Å²) in [5, 5.41) is 9.21. The summed E-state index contributed by atoms with van der Waals surface area (Å²) in [7, 11) is 1.88. The second kappa shape index (κ2) is 4.45. The zero-order valence-electron chi connectivity index (χ0n) is 9.64. The molecule has 0 atom stereocenters. The van der Waals surface area contributed by atoms with Crippen LogP contribution in [0.1, 0.15) is 11.5 Å². The van der Waals surface area contributed by atoms with E-state index >= 15 is 0 Å². The predicted octanol–water partition coefficient (Wildman–Crippen LogP) is 2.15. The van der Waals surface area contributed by atoms with Crippen molar-refractivity contribution in [2.75, 3.05) is 0 Å². The number of aromatic nitrogens is 2. The summed E-state index contributed by atoms with van der Waals surface area (Å²) < 4.78 is 20.3. The molecule has 4 nitrogen and oxygen atoms in total. The monoisotopic (exact) mass is 236 g/mol. The number of benzene rings is 1. The van der Waals surface area contributed by atoms with Crippen molar-refractivity contribution < 1.29 is 14.2 Å².